The van der Waals surface area contributed by atoms with E-state index in [2.05, 4.69) is 0 Å². The molecule has 109 valence electrons. The molecule has 14 heteroatoms. The van der Waals surface area contributed by atoms with Crippen molar-refractivity contribution in [1.29, 1.82) is 0 Å². The minimum absolute atomic E-state index is 0. The van der Waals surface area contributed by atoms with E-state index >= 15 is 0 Å². The molecule has 0 aromatic carbocycles. The topological polar surface area (TPSA) is 329 Å². The largest absolute Gasteiger partial charge is 0.726 e. The summed E-state index contributed by atoms with van der Waals surface area (Å²) < 4.78 is 32.8. The summed E-state index contributed by atoms with van der Waals surface area (Å²) in [6.45, 7) is 0. The van der Waals surface area contributed by atoms with Crippen molar-refractivity contribution in [1.82, 2.24) is 0 Å². The molecule has 0 heterocycles. The van der Waals surface area contributed by atoms with E-state index in [0.29, 0.717) is 0 Å². The molecular formula is H17O12STm-. The van der Waals surface area contributed by atoms with Gasteiger partial charge in [0.15, 0.2) is 0 Å². The molecule has 14 heavy (non-hydrogen) atoms. The monoisotopic (exact) mass is 410 g/mol. The average molecular weight is 410 g/mol. The van der Waals surface area contributed by atoms with Crippen molar-refractivity contribution in [2.75, 3.05) is 0 Å². The first-order valence-electron chi connectivity index (χ1n) is 0.683. The van der Waals surface area contributed by atoms with Crippen LogP contribution < -0.4 is 0 Å². The van der Waals surface area contributed by atoms with E-state index in [-0.39, 0.29) is 80.7 Å². The van der Waals surface area contributed by atoms with E-state index in [9.17, 15) is 0 Å². The summed E-state index contributed by atoms with van der Waals surface area (Å²) in [7, 11) is -4.92. The molecule has 0 rings (SSSR count). The SMILES string of the molecule is O.O.O.O.O.O.O.O.O=S(=O)([O-])O.[Tm]. The van der Waals surface area contributed by atoms with E-state index in [4.69, 9.17) is 17.5 Å². The minimum atomic E-state index is -4.92. The molecule has 0 aromatic heterocycles. The molecule has 0 unspecified atom stereocenters. The summed E-state index contributed by atoms with van der Waals surface area (Å²) in [6.07, 6.45) is 0. The Balaban J connectivity index is -0.00000000222. The van der Waals surface area contributed by atoms with E-state index in [1.54, 1.807) is 0 Å². The Bertz CT molecular complexity index is 93.5. The fourth-order valence-corrected chi connectivity index (χ4v) is 0. The van der Waals surface area contributed by atoms with Crippen LogP contribution in [-0.4, -0.2) is 61.3 Å². The Morgan fingerprint density at radius 2 is 0.714 bits per heavy atom. The van der Waals surface area contributed by atoms with Gasteiger partial charge in [-0.15, -0.1) is 0 Å². The van der Waals surface area contributed by atoms with Crippen LogP contribution in [0.25, 0.3) is 0 Å². The zero-order chi connectivity index (χ0) is 4.50. The predicted octanol–water partition coefficient (Wildman–Crippen LogP) is -7.59. The van der Waals surface area contributed by atoms with Gasteiger partial charge in [0.05, 0.1) is 0 Å². The smallest absolute Gasteiger partial charge is 0.215 e. The van der Waals surface area contributed by atoms with Crippen LogP contribution in [0.3, 0.4) is 0 Å². The zero-order valence-corrected chi connectivity index (χ0v) is 8.95. The van der Waals surface area contributed by atoms with Crippen LogP contribution in [0.5, 0.6) is 0 Å². The summed E-state index contributed by atoms with van der Waals surface area (Å²) in [5.41, 5.74) is 0. The number of rotatable bonds is 0. The van der Waals surface area contributed by atoms with Gasteiger partial charge in [0.1, 0.15) is 0 Å². The Labute approximate surface area is 108 Å². The van der Waals surface area contributed by atoms with Gasteiger partial charge in [0.2, 0.25) is 10.4 Å². The zero-order valence-electron chi connectivity index (χ0n) is 6.36. The fraction of sp³-hybridized carbons (Fsp3) is 0. The molecule has 17 N–H and O–H groups in total. The third-order valence-corrected chi connectivity index (χ3v) is 0. The van der Waals surface area contributed by atoms with Gasteiger partial charge in [-0.2, -0.15) is 0 Å². The number of hydrogen-bond acceptors (Lipinski definition) is 3. The van der Waals surface area contributed by atoms with Crippen molar-refractivity contribution in [2.24, 2.45) is 0 Å². The van der Waals surface area contributed by atoms with E-state index < -0.39 is 10.4 Å². The molecule has 0 bridgehead atoms. The molecule has 1 radical (unpaired) electrons. The van der Waals surface area contributed by atoms with Gasteiger partial charge in [-0.05, 0) is 0 Å². The standard InChI is InChI=1S/H2O4S.8H2O.Tm/c1-5(2,3)4;;;;;;;;;/h(H2,1,2,3,4);8*1H2;/p-1. The second-order valence-corrected chi connectivity index (χ2v) is 1.28. The van der Waals surface area contributed by atoms with Crippen molar-refractivity contribution in [3.05, 3.63) is 0 Å². The maximum atomic E-state index is 8.63. The third kappa shape index (κ3) is 2890. The molecule has 0 aliphatic heterocycles. The van der Waals surface area contributed by atoms with Gasteiger partial charge >= 0.3 is 0 Å². The average Bonchev–Trinajstić information content (AvgIpc) is 0.722. The van der Waals surface area contributed by atoms with Crippen LogP contribution in [0, 0.1) is 36.9 Å². The van der Waals surface area contributed by atoms with Crippen LogP contribution in [0.4, 0.5) is 0 Å². The Hall–Kier alpha value is 0.784. The van der Waals surface area contributed by atoms with Gasteiger partial charge in [-0.25, -0.2) is 8.42 Å². The van der Waals surface area contributed by atoms with E-state index in [1.807, 2.05) is 0 Å². The minimum Gasteiger partial charge on any atom is -0.726 e. The van der Waals surface area contributed by atoms with Crippen LogP contribution in [0.1, 0.15) is 0 Å². The molecule has 0 fully saturated rings. The first-order valence-corrected chi connectivity index (χ1v) is 2.05. The maximum absolute atomic E-state index is 8.63. The fourth-order valence-electron chi connectivity index (χ4n) is 0. The van der Waals surface area contributed by atoms with Gasteiger partial charge in [-0.3, -0.25) is 4.55 Å². The van der Waals surface area contributed by atoms with Crippen molar-refractivity contribution in [3.8, 4) is 0 Å². The molecule has 0 aliphatic rings. The molecule has 0 atom stereocenters. The van der Waals surface area contributed by atoms with Crippen molar-refractivity contribution in [3.63, 3.8) is 0 Å². The van der Waals surface area contributed by atoms with E-state index in [0.717, 1.165) is 0 Å². The van der Waals surface area contributed by atoms with Gasteiger partial charge < -0.3 is 48.4 Å². The first-order chi connectivity index (χ1) is 2.00. The van der Waals surface area contributed by atoms with E-state index in [1.165, 1.54) is 0 Å². The second-order valence-electron chi connectivity index (χ2n) is 0.428. The van der Waals surface area contributed by atoms with Crippen LogP contribution >= 0.6 is 0 Å². The molecular weight excluding hydrogens is 393 g/mol. The molecule has 0 saturated carbocycles. The van der Waals surface area contributed by atoms with Crippen LogP contribution in [0.15, 0.2) is 0 Å². The Morgan fingerprint density at radius 3 is 0.714 bits per heavy atom. The first kappa shape index (κ1) is 123. The van der Waals surface area contributed by atoms with Gasteiger partial charge in [0, 0.05) is 36.9 Å². The summed E-state index contributed by atoms with van der Waals surface area (Å²) in [5.74, 6) is 0. The molecule has 0 aromatic rings. The maximum Gasteiger partial charge on any atom is 0.215 e. The molecule has 0 spiro atoms. The van der Waals surface area contributed by atoms with Crippen molar-refractivity contribution >= 4 is 10.4 Å². The predicted molar refractivity (Wildman–Crippen MR) is 41.2 cm³/mol. The molecule has 0 saturated heterocycles. The Kier molecular flexibility index (Phi) is 429. The van der Waals surface area contributed by atoms with Gasteiger partial charge in [-0.1, -0.05) is 0 Å². The molecule has 0 amide bonds. The second kappa shape index (κ2) is 48.9. The Morgan fingerprint density at radius 1 is 0.714 bits per heavy atom. The quantitative estimate of drug-likeness (QED) is 0.300. The normalized spacial score (nSPS) is 4.14. The summed E-state index contributed by atoms with van der Waals surface area (Å²) >= 11 is 0. The van der Waals surface area contributed by atoms with Crippen molar-refractivity contribution < 1.29 is 98.2 Å². The summed E-state index contributed by atoms with van der Waals surface area (Å²) in [6, 6.07) is 0. The molecule has 0 aliphatic carbocycles. The number of hydrogen-bond donors (Lipinski definition) is 1. The summed E-state index contributed by atoms with van der Waals surface area (Å²) in [5, 5.41) is 0. The van der Waals surface area contributed by atoms with Crippen molar-refractivity contribution in [2.45, 2.75) is 0 Å². The summed E-state index contributed by atoms with van der Waals surface area (Å²) in [4.78, 5) is 0. The van der Waals surface area contributed by atoms with Gasteiger partial charge in [0.25, 0.3) is 0 Å². The van der Waals surface area contributed by atoms with Crippen LogP contribution in [-0.2, 0) is 10.4 Å². The molecule has 12 nitrogen and oxygen atoms in total. The van der Waals surface area contributed by atoms with Crippen LogP contribution in [0.2, 0.25) is 0 Å². The third-order valence-electron chi connectivity index (χ3n) is 0.